The quantitative estimate of drug-likeness (QED) is 0.154. The third-order valence-electron chi connectivity index (χ3n) is 6.43. The number of unbranched alkanes of at least 4 members (excludes halogenated alkanes) is 11. The fraction of sp³-hybridized carbons (Fsp3) is 0.571. The molecule has 1 unspecified atom stereocenters. The molecule has 0 bridgehead atoms. The number of aromatic nitrogens is 1. The van der Waals surface area contributed by atoms with E-state index in [1.54, 1.807) is 0 Å². The summed E-state index contributed by atoms with van der Waals surface area (Å²) in [7, 11) is 0. The van der Waals surface area contributed by atoms with Crippen molar-refractivity contribution < 1.29 is 0 Å². The van der Waals surface area contributed by atoms with Crippen LogP contribution in [-0.2, 0) is 6.54 Å². The molecule has 0 amide bonds. The first kappa shape index (κ1) is 23.4. The Kier molecular flexibility index (Phi) is 10.3. The number of fused-ring (bicyclic) bond motifs is 3. The molecule has 1 aromatic heterocycles. The Morgan fingerprint density at radius 2 is 1.07 bits per heavy atom. The zero-order valence-corrected chi connectivity index (χ0v) is 20.5. The van der Waals surface area contributed by atoms with Crippen LogP contribution in [0, 0.1) is 0 Å². The summed E-state index contributed by atoms with van der Waals surface area (Å²) in [5.74, 6) is 0. The Morgan fingerprint density at radius 1 is 0.633 bits per heavy atom. The number of halogens is 1. The molecule has 2 aromatic carbocycles. The lowest BCUT2D eigenvalue weighted by atomic mass is 10.0. The van der Waals surface area contributed by atoms with Crippen LogP contribution in [0.4, 0.5) is 0 Å². The van der Waals surface area contributed by atoms with Crippen molar-refractivity contribution in [2.24, 2.45) is 0 Å². The predicted molar refractivity (Wildman–Crippen MR) is 138 cm³/mol. The minimum atomic E-state index is 0.542. The molecule has 3 rings (SSSR count). The second kappa shape index (κ2) is 13.2. The van der Waals surface area contributed by atoms with Gasteiger partial charge in [0.25, 0.3) is 0 Å². The number of hydrogen-bond acceptors (Lipinski definition) is 0. The van der Waals surface area contributed by atoms with Gasteiger partial charge in [-0.25, -0.2) is 0 Å². The molecule has 0 aliphatic rings. The first-order valence-corrected chi connectivity index (χ1v) is 13.3. The highest BCUT2D eigenvalue weighted by atomic mass is 79.9. The van der Waals surface area contributed by atoms with Gasteiger partial charge in [0.2, 0.25) is 0 Å². The van der Waals surface area contributed by atoms with Crippen molar-refractivity contribution in [3.63, 3.8) is 0 Å². The zero-order valence-electron chi connectivity index (χ0n) is 18.9. The van der Waals surface area contributed by atoms with Gasteiger partial charge in [-0.2, -0.15) is 0 Å². The number of nitrogens with zero attached hydrogens (tertiary/aromatic N) is 1. The number of benzene rings is 2. The van der Waals surface area contributed by atoms with Crippen molar-refractivity contribution >= 4 is 37.7 Å². The van der Waals surface area contributed by atoms with E-state index < -0.39 is 0 Å². The largest absolute Gasteiger partial charge is 0.339 e. The topological polar surface area (TPSA) is 4.93 Å². The van der Waals surface area contributed by atoms with Crippen molar-refractivity contribution in [1.29, 1.82) is 0 Å². The Bertz CT molecular complexity index is 812. The van der Waals surface area contributed by atoms with Gasteiger partial charge in [0, 0.05) is 33.2 Å². The van der Waals surface area contributed by atoms with E-state index in [1.165, 1.54) is 105 Å². The Labute approximate surface area is 192 Å². The van der Waals surface area contributed by atoms with Crippen LogP contribution in [0.2, 0.25) is 0 Å². The molecular weight excluding hydrogens is 430 g/mol. The van der Waals surface area contributed by atoms with E-state index in [4.69, 9.17) is 0 Å². The average Bonchev–Trinajstić information content (AvgIpc) is 3.08. The molecule has 2 heteroatoms. The summed E-state index contributed by atoms with van der Waals surface area (Å²) >= 11 is 3.98. The highest BCUT2D eigenvalue weighted by molar-refractivity contribution is 9.09. The first-order chi connectivity index (χ1) is 14.8. The molecule has 1 nitrogen and oxygen atoms in total. The molecule has 0 N–H and O–H groups in total. The van der Waals surface area contributed by atoms with Gasteiger partial charge >= 0.3 is 0 Å². The number of hydrogen-bond donors (Lipinski definition) is 0. The average molecular weight is 471 g/mol. The lowest BCUT2D eigenvalue weighted by Crippen LogP contribution is -2.09. The summed E-state index contributed by atoms with van der Waals surface area (Å²) in [6.45, 7) is 3.34. The van der Waals surface area contributed by atoms with E-state index in [0.29, 0.717) is 4.83 Å². The van der Waals surface area contributed by atoms with E-state index in [2.05, 4.69) is 76.0 Å². The zero-order chi connectivity index (χ0) is 21.0. The van der Waals surface area contributed by atoms with Gasteiger partial charge in [0.1, 0.15) is 0 Å². The van der Waals surface area contributed by atoms with Crippen LogP contribution in [0.25, 0.3) is 21.8 Å². The van der Waals surface area contributed by atoms with Crippen LogP contribution in [0.15, 0.2) is 48.5 Å². The summed E-state index contributed by atoms with van der Waals surface area (Å²) in [6, 6.07) is 17.6. The molecule has 1 heterocycles. The molecule has 0 spiro atoms. The lowest BCUT2D eigenvalue weighted by Gasteiger charge is -2.13. The number of para-hydroxylation sites is 2. The fourth-order valence-electron chi connectivity index (χ4n) is 4.70. The standard InChI is InChI=1S/C28H40BrN/c1-2-3-4-5-6-7-8-9-10-11-12-13-18-24(29)23-30-27-21-16-14-19-25(27)26-20-15-17-22-28(26)30/h14-17,19-22,24H,2-13,18,23H2,1H3. The third-order valence-corrected chi connectivity index (χ3v) is 7.18. The van der Waals surface area contributed by atoms with E-state index in [0.717, 1.165) is 6.54 Å². The molecule has 30 heavy (non-hydrogen) atoms. The fourth-order valence-corrected chi connectivity index (χ4v) is 5.31. The summed E-state index contributed by atoms with van der Waals surface area (Å²) in [6.07, 6.45) is 18.3. The summed E-state index contributed by atoms with van der Waals surface area (Å²) in [4.78, 5) is 0.542. The SMILES string of the molecule is CCCCCCCCCCCCCCC(Br)Cn1c2ccccc2c2ccccc21. The van der Waals surface area contributed by atoms with Crippen LogP contribution in [-0.4, -0.2) is 9.39 Å². The minimum absolute atomic E-state index is 0.542. The van der Waals surface area contributed by atoms with Gasteiger partial charge in [-0.3, -0.25) is 0 Å². The van der Waals surface area contributed by atoms with Gasteiger partial charge in [0.05, 0.1) is 0 Å². The van der Waals surface area contributed by atoms with Gasteiger partial charge in [-0.1, -0.05) is 136 Å². The van der Waals surface area contributed by atoms with Crippen LogP contribution in [0.5, 0.6) is 0 Å². The van der Waals surface area contributed by atoms with Crippen molar-refractivity contribution in [1.82, 2.24) is 4.57 Å². The minimum Gasteiger partial charge on any atom is -0.339 e. The second-order valence-corrected chi connectivity index (χ2v) is 10.2. The van der Waals surface area contributed by atoms with Crippen molar-refractivity contribution in [2.75, 3.05) is 0 Å². The molecule has 0 radical (unpaired) electrons. The molecule has 1 atom stereocenters. The van der Waals surface area contributed by atoms with Gasteiger partial charge in [-0.15, -0.1) is 0 Å². The van der Waals surface area contributed by atoms with Gasteiger partial charge in [-0.05, 0) is 18.6 Å². The van der Waals surface area contributed by atoms with Gasteiger partial charge < -0.3 is 4.57 Å². The summed E-state index contributed by atoms with van der Waals surface area (Å²) in [5.41, 5.74) is 2.72. The molecule has 3 aromatic rings. The molecule has 164 valence electrons. The summed E-state index contributed by atoms with van der Waals surface area (Å²) < 4.78 is 2.50. The lowest BCUT2D eigenvalue weighted by molar-refractivity contribution is 0.532. The normalized spacial score (nSPS) is 12.7. The maximum Gasteiger partial charge on any atom is 0.0491 e. The maximum atomic E-state index is 3.98. The Balaban J connectivity index is 1.33. The van der Waals surface area contributed by atoms with Crippen molar-refractivity contribution in [2.45, 2.75) is 102 Å². The molecule has 0 saturated heterocycles. The van der Waals surface area contributed by atoms with Crippen molar-refractivity contribution in [3.05, 3.63) is 48.5 Å². The summed E-state index contributed by atoms with van der Waals surface area (Å²) in [5, 5.41) is 2.75. The smallest absolute Gasteiger partial charge is 0.0491 e. The molecule has 0 saturated carbocycles. The van der Waals surface area contributed by atoms with E-state index in [-0.39, 0.29) is 0 Å². The van der Waals surface area contributed by atoms with Crippen molar-refractivity contribution in [3.8, 4) is 0 Å². The van der Waals surface area contributed by atoms with E-state index >= 15 is 0 Å². The predicted octanol–water partition coefficient (Wildman–Crippen LogP) is 9.65. The molecular formula is C28H40BrN. The second-order valence-electron chi connectivity index (χ2n) is 8.92. The highest BCUT2D eigenvalue weighted by Crippen LogP contribution is 2.30. The van der Waals surface area contributed by atoms with Gasteiger partial charge in [0.15, 0.2) is 0 Å². The Hall–Kier alpha value is -1.28. The molecule has 0 fully saturated rings. The monoisotopic (exact) mass is 469 g/mol. The van der Waals surface area contributed by atoms with Crippen LogP contribution in [0.1, 0.15) is 90.4 Å². The van der Waals surface area contributed by atoms with Crippen LogP contribution >= 0.6 is 15.9 Å². The highest BCUT2D eigenvalue weighted by Gasteiger charge is 2.12. The number of alkyl halides is 1. The Morgan fingerprint density at radius 3 is 1.57 bits per heavy atom. The molecule has 0 aliphatic carbocycles. The molecule has 0 aliphatic heterocycles. The van der Waals surface area contributed by atoms with Crippen LogP contribution in [0.3, 0.4) is 0 Å². The van der Waals surface area contributed by atoms with E-state index in [9.17, 15) is 0 Å². The third kappa shape index (κ3) is 6.87. The first-order valence-electron chi connectivity index (χ1n) is 12.4. The van der Waals surface area contributed by atoms with Crippen LogP contribution < -0.4 is 0 Å². The van der Waals surface area contributed by atoms with E-state index in [1.807, 2.05) is 0 Å². The maximum absolute atomic E-state index is 3.98. The number of rotatable bonds is 15.